The average Bonchev–Trinajstić information content (AvgIpc) is 3.20. The molecule has 0 amide bonds. The molecular formula is C17H21ClN2O3. The largest absolute Gasteiger partial charge is 0.490 e. The van der Waals surface area contributed by atoms with E-state index in [1.54, 1.807) is 12.3 Å². The predicted molar refractivity (Wildman–Crippen MR) is 89.5 cm³/mol. The molecule has 23 heavy (non-hydrogen) atoms. The van der Waals surface area contributed by atoms with Crippen LogP contribution in [0.3, 0.4) is 0 Å². The molecule has 5 nitrogen and oxygen atoms in total. The summed E-state index contributed by atoms with van der Waals surface area (Å²) in [4.78, 5) is 4.50. The van der Waals surface area contributed by atoms with Gasteiger partial charge in [0.15, 0.2) is 11.5 Å². The summed E-state index contributed by atoms with van der Waals surface area (Å²) in [5.41, 5.74) is 0.843. The molecule has 0 N–H and O–H groups in total. The maximum absolute atomic E-state index is 6.49. The van der Waals surface area contributed by atoms with E-state index < -0.39 is 0 Å². The van der Waals surface area contributed by atoms with Crippen LogP contribution in [0, 0.1) is 0 Å². The first-order valence-electron chi connectivity index (χ1n) is 7.94. The maximum Gasteiger partial charge on any atom is 0.162 e. The molecule has 0 spiro atoms. The van der Waals surface area contributed by atoms with Crippen LogP contribution in [-0.4, -0.2) is 36.0 Å². The second-order valence-electron chi connectivity index (χ2n) is 5.32. The first-order chi connectivity index (χ1) is 11.2. The van der Waals surface area contributed by atoms with E-state index in [1.165, 1.54) is 0 Å². The zero-order chi connectivity index (χ0) is 16.2. The van der Waals surface area contributed by atoms with Crippen molar-refractivity contribution in [2.24, 2.45) is 0 Å². The summed E-state index contributed by atoms with van der Waals surface area (Å²) in [6, 6.07) is 4.01. The Morgan fingerprint density at radius 3 is 2.65 bits per heavy atom. The SMILES string of the molecule is CCOc1cc(Cl)c(-c2nccn2C2CCOC2)cc1OCC. The lowest BCUT2D eigenvalue weighted by atomic mass is 10.1. The standard InChI is InChI=1S/C17H21ClN2O3/c1-3-22-15-9-13(14(18)10-16(15)23-4-2)17-19-6-7-20(17)12-5-8-21-11-12/h6-7,9-10,12H,3-5,8,11H2,1-2H3. The van der Waals surface area contributed by atoms with Crippen LogP contribution in [0.2, 0.25) is 5.02 Å². The topological polar surface area (TPSA) is 45.5 Å². The molecule has 1 saturated heterocycles. The van der Waals surface area contributed by atoms with Crippen LogP contribution in [0.15, 0.2) is 24.5 Å². The number of hydrogen-bond acceptors (Lipinski definition) is 4. The number of halogens is 1. The van der Waals surface area contributed by atoms with Crippen LogP contribution in [0.4, 0.5) is 0 Å². The molecular weight excluding hydrogens is 316 g/mol. The Morgan fingerprint density at radius 2 is 2.00 bits per heavy atom. The van der Waals surface area contributed by atoms with Crippen LogP contribution in [0.25, 0.3) is 11.4 Å². The molecule has 1 aromatic heterocycles. The van der Waals surface area contributed by atoms with Gasteiger partial charge < -0.3 is 18.8 Å². The fourth-order valence-electron chi connectivity index (χ4n) is 2.80. The van der Waals surface area contributed by atoms with Crippen LogP contribution in [-0.2, 0) is 4.74 Å². The van der Waals surface area contributed by atoms with Gasteiger partial charge in [-0.05, 0) is 26.3 Å². The van der Waals surface area contributed by atoms with E-state index in [1.807, 2.05) is 26.1 Å². The normalized spacial score (nSPS) is 17.4. The lowest BCUT2D eigenvalue weighted by molar-refractivity contribution is 0.187. The van der Waals surface area contributed by atoms with Crippen molar-refractivity contribution in [2.75, 3.05) is 26.4 Å². The molecule has 0 aliphatic carbocycles. The van der Waals surface area contributed by atoms with Crippen molar-refractivity contribution in [3.8, 4) is 22.9 Å². The Kier molecular flexibility index (Phi) is 5.08. The fourth-order valence-corrected chi connectivity index (χ4v) is 3.04. The molecule has 0 saturated carbocycles. The summed E-state index contributed by atoms with van der Waals surface area (Å²) in [7, 11) is 0. The van der Waals surface area contributed by atoms with Crippen molar-refractivity contribution < 1.29 is 14.2 Å². The molecule has 1 atom stereocenters. The minimum absolute atomic E-state index is 0.297. The second-order valence-corrected chi connectivity index (χ2v) is 5.73. The van der Waals surface area contributed by atoms with Gasteiger partial charge in [0.25, 0.3) is 0 Å². The molecule has 0 radical (unpaired) electrons. The summed E-state index contributed by atoms with van der Waals surface area (Å²) < 4.78 is 18.9. The first kappa shape index (κ1) is 16.1. The van der Waals surface area contributed by atoms with Crippen molar-refractivity contribution in [2.45, 2.75) is 26.3 Å². The van der Waals surface area contributed by atoms with Crippen molar-refractivity contribution in [3.05, 3.63) is 29.5 Å². The molecule has 2 heterocycles. The van der Waals surface area contributed by atoms with E-state index in [0.717, 1.165) is 24.4 Å². The van der Waals surface area contributed by atoms with Crippen LogP contribution in [0.1, 0.15) is 26.3 Å². The van der Waals surface area contributed by atoms with Gasteiger partial charge in [-0.3, -0.25) is 0 Å². The third-order valence-corrected chi connectivity index (χ3v) is 4.15. The number of ether oxygens (including phenoxy) is 3. The Balaban J connectivity index is 2.02. The van der Waals surface area contributed by atoms with Gasteiger partial charge in [0.2, 0.25) is 0 Å². The maximum atomic E-state index is 6.49. The number of aromatic nitrogens is 2. The molecule has 2 aromatic rings. The van der Waals surface area contributed by atoms with E-state index in [4.69, 9.17) is 25.8 Å². The van der Waals surface area contributed by atoms with Gasteiger partial charge in [0.05, 0.1) is 30.9 Å². The molecule has 1 fully saturated rings. The third kappa shape index (κ3) is 3.31. The quantitative estimate of drug-likeness (QED) is 0.801. The minimum Gasteiger partial charge on any atom is -0.490 e. The molecule has 1 unspecified atom stereocenters. The number of rotatable bonds is 6. The summed E-state index contributed by atoms with van der Waals surface area (Å²) in [5.74, 6) is 2.17. The number of nitrogens with zero attached hydrogens (tertiary/aromatic N) is 2. The monoisotopic (exact) mass is 336 g/mol. The highest BCUT2D eigenvalue weighted by molar-refractivity contribution is 6.33. The molecule has 124 valence electrons. The van der Waals surface area contributed by atoms with E-state index in [0.29, 0.717) is 42.4 Å². The summed E-state index contributed by atoms with van der Waals surface area (Å²) in [6.07, 6.45) is 4.75. The Bertz CT molecular complexity index is 666. The smallest absolute Gasteiger partial charge is 0.162 e. The Labute approximate surface area is 141 Å². The summed E-state index contributed by atoms with van der Waals surface area (Å²) in [6.45, 7) is 6.49. The van der Waals surface area contributed by atoms with Crippen molar-refractivity contribution in [3.63, 3.8) is 0 Å². The average molecular weight is 337 g/mol. The van der Waals surface area contributed by atoms with Crippen LogP contribution < -0.4 is 9.47 Å². The number of benzene rings is 1. The minimum atomic E-state index is 0.297. The third-order valence-electron chi connectivity index (χ3n) is 3.84. The van der Waals surface area contributed by atoms with E-state index in [2.05, 4.69) is 9.55 Å². The second kappa shape index (κ2) is 7.23. The van der Waals surface area contributed by atoms with Gasteiger partial charge >= 0.3 is 0 Å². The van der Waals surface area contributed by atoms with Gasteiger partial charge in [-0.1, -0.05) is 11.6 Å². The van der Waals surface area contributed by atoms with Crippen molar-refractivity contribution in [1.82, 2.24) is 9.55 Å². The fraction of sp³-hybridized carbons (Fsp3) is 0.471. The summed E-state index contributed by atoms with van der Waals surface area (Å²) in [5, 5.41) is 0.600. The summed E-state index contributed by atoms with van der Waals surface area (Å²) >= 11 is 6.49. The zero-order valence-corrected chi connectivity index (χ0v) is 14.2. The van der Waals surface area contributed by atoms with Crippen molar-refractivity contribution in [1.29, 1.82) is 0 Å². The van der Waals surface area contributed by atoms with Gasteiger partial charge in [-0.2, -0.15) is 0 Å². The van der Waals surface area contributed by atoms with E-state index in [-0.39, 0.29) is 0 Å². The predicted octanol–water partition coefficient (Wildman–Crippen LogP) is 3.96. The van der Waals surface area contributed by atoms with E-state index in [9.17, 15) is 0 Å². The zero-order valence-electron chi connectivity index (χ0n) is 13.4. The van der Waals surface area contributed by atoms with E-state index >= 15 is 0 Å². The molecule has 1 aliphatic rings. The highest BCUT2D eigenvalue weighted by Gasteiger charge is 2.22. The van der Waals surface area contributed by atoms with Gasteiger partial charge in [-0.15, -0.1) is 0 Å². The number of hydrogen-bond donors (Lipinski definition) is 0. The lowest BCUT2D eigenvalue weighted by Crippen LogP contribution is -2.09. The lowest BCUT2D eigenvalue weighted by Gasteiger charge is -2.17. The molecule has 1 aromatic carbocycles. The first-order valence-corrected chi connectivity index (χ1v) is 8.32. The molecule has 6 heteroatoms. The highest BCUT2D eigenvalue weighted by Crippen LogP contribution is 2.39. The van der Waals surface area contributed by atoms with Gasteiger partial charge in [0.1, 0.15) is 5.82 Å². The van der Waals surface area contributed by atoms with Crippen LogP contribution in [0.5, 0.6) is 11.5 Å². The van der Waals surface area contributed by atoms with Gasteiger partial charge in [-0.25, -0.2) is 4.98 Å². The van der Waals surface area contributed by atoms with Crippen molar-refractivity contribution >= 4 is 11.6 Å². The van der Waals surface area contributed by atoms with Gasteiger partial charge in [0, 0.05) is 30.6 Å². The Hall–Kier alpha value is -1.72. The molecule has 1 aliphatic heterocycles. The number of imidazole rings is 1. The highest BCUT2D eigenvalue weighted by atomic mass is 35.5. The Morgan fingerprint density at radius 1 is 1.26 bits per heavy atom. The van der Waals surface area contributed by atoms with Crippen LogP contribution >= 0.6 is 11.6 Å². The molecule has 3 rings (SSSR count). The molecule has 0 bridgehead atoms.